The van der Waals surface area contributed by atoms with Crippen LogP contribution in [0.1, 0.15) is 44.2 Å². The van der Waals surface area contributed by atoms with E-state index in [0.717, 1.165) is 10.9 Å². The van der Waals surface area contributed by atoms with Gasteiger partial charge in [0.05, 0.1) is 18.3 Å². The molecule has 0 saturated carbocycles. The van der Waals surface area contributed by atoms with Crippen molar-refractivity contribution in [1.29, 1.82) is 0 Å². The van der Waals surface area contributed by atoms with Crippen LogP contribution in [0.15, 0.2) is 18.5 Å². The molecule has 10 heteroatoms. The number of nitrogens with zero attached hydrogens (tertiary/aromatic N) is 4. The summed E-state index contributed by atoms with van der Waals surface area (Å²) in [5, 5.41) is 21.0. The van der Waals surface area contributed by atoms with Crippen LogP contribution in [0.5, 0.6) is 0 Å². The smallest absolute Gasteiger partial charge is 0.389 e. The first-order valence-electron chi connectivity index (χ1n) is 9.72. The minimum absolute atomic E-state index is 0.00731. The summed E-state index contributed by atoms with van der Waals surface area (Å²) in [6, 6.07) is 1.55. The standard InChI is InChI=1S/C19H24F3N5O2/c1-11(29)18-25-15-8-24-17-14(3-5-23-17)16(15)27(18)12-7-13(10-28)26(9-12)6-2-4-19(20,21)22/h3,5,8,11-13,28-29H,2,4,6-7,9-10H2,1H3,(H,23,24)/t11-,12+,13-/m1/s1. The van der Waals surface area contributed by atoms with Crippen LogP contribution in [0.4, 0.5) is 13.2 Å². The zero-order valence-electron chi connectivity index (χ0n) is 16.0. The number of imidazole rings is 1. The molecule has 0 spiro atoms. The van der Waals surface area contributed by atoms with Crippen molar-refractivity contribution in [1.82, 2.24) is 24.4 Å². The van der Waals surface area contributed by atoms with Crippen LogP contribution in [0.3, 0.4) is 0 Å². The molecular weight excluding hydrogens is 387 g/mol. The molecule has 1 aliphatic rings. The van der Waals surface area contributed by atoms with Crippen molar-refractivity contribution in [2.45, 2.75) is 50.6 Å². The Morgan fingerprint density at radius 2 is 2.17 bits per heavy atom. The first-order valence-corrected chi connectivity index (χ1v) is 9.72. The Hall–Kier alpha value is -2.17. The topological polar surface area (TPSA) is 90.2 Å². The molecule has 0 amide bonds. The number of likely N-dealkylation sites (tertiary alicyclic amines) is 1. The minimum atomic E-state index is -4.18. The number of hydrogen-bond donors (Lipinski definition) is 3. The Morgan fingerprint density at radius 3 is 2.86 bits per heavy atom. The fourth-order valence-electron chi connectivity index (χ4n) is 4.37. The molecule has 0 bridgehead atoms. The molecule has 158 valence electrons. The molecule has 4 rings (SSSR count). The van der Waals surface area contributed by atoms with Gasteiger partial charge in [-0.3, -0.25) is 4.90 Å². The van der Waals surface area contributed by atoms with Crippen molar-refractivity contribution in [3.63, 3.8) is 0 Å². The average molecular weight is 411 g/mol. The zero-order valence-corrected chi connectivity index (χ0v) is 16.0. The summed E-state index contributed by atoms with van der Waals surface area (Å²) in [6.45, 7) is 2.26. The number of aliphatic hydroxyl groups is 2. The van der Waals surface area contributed by atoms with Gasteiger partial charge in [-0.2, -0.15) is 13.2 Å². The summed E-state index contributed by atoms with van der Waals surface area (Å²) < 4.78 is 39.6. The third kappa shape index (κ3) is 3.84. The third-order valence-electron chi connectivity index (χ3n) is 5.62. The van der Waals surface area contributed by atoms with Gasteiger partial charge in [0, 0.05) is 36.6 Å². The third-order valence-corrected chi connectivity index (χ3v) is 5.62. The van der Waals surface area contributed by atoms with E-state index in [4.69, 9.17) is 0 Å². The monoisotopic (exact) mass is 411 g/mol. The number of aromatic nitrogens is 4. The van der Waals surface area contributed by atoms with Crippen LogP contribution >= 0.6 is 0 Å². The van der Waals surface area contributed by atoms with E-state index in [1.54, 1.807) is 19.3 Å². The van der Waals surface area contributed by atoms with Gasteiger partial charge in [0.2, 0.25) is 0 Å². The van der Waals surface area contributed by atoms with Crippen LogP contribution in [-0.2, 0) is 0 Å². The number of rotatable bonds is 6. The van der Waals surface area contributed by atoms with Gasteiger partial charge >= 0.3 is 6.18 Å². The van der Waals surface area contributed by atoms with Gasteiger partial charge in [-0.15, -0.1) is 0 Å². The summed E-state index contributed by atoms with van der Waals surface area (Å²) in [4.78, 5) is 13.9. The summed E-state index contributed by atoms with van der Waals surface area (Å²) in [5.74, 6) is 0.495. The maximum Gasteiger partial charge on any atom is 0.389 e. The molecule has 0 unspecified atom stereocenters. The highest BCUT2D eigenvalue weighted by molar-refractivity contribution is 6.01. The molecule has 0 radical (unpaired) electrons. The maximum atomic E-state index is 12.5. The van der Waals surface area contributed by atoms with Crippen LogP contribution in [0.2, 0.25) is 0 Å². The van der Waals surface area contributed by atoms with Crippen molar-refractivity contribution in [3.8, 4) is 0 Å². The predicted octanol–water partition coefficient (Wildman–Crippen LogP) is 2.92. The first-order chi connectivity index (χ1) is 13.8. The van der Waals surface area contributed by atoms with Gasteiger partial charge in [0.25, 0.3) is 0 Å². The number of pyridine rings is 1. The number of alkyl halides is 3. The number of aliphatic hydroxyl groups excluding tert-OH is 2. The summed E-state index contributed by atoms with van der Waals surface area (Å²) >= 11 is 0. The zero-order chi connectivity index (χ0) is 20.8. The van der Waals surface area contributed by atoms with Gasteiger partial charge in [0.15, 0.2) is 0 Å². The lowest BCUT2D eigenvalue weighted by atomic mass is 10.1. The van der Waals surface area contributed by atoms with Crippen LogP contribution in [-0.4, -0.2) is 66.5 Å². The number of aromatic amines is 1. The highest BCUT2D eigenvalue weighted by Crippen LogP contribution is 2.36. The molecule has 3 aromatic heterocycles. The first kappa shape index (κ1) is 20.1. The van der Waals surface area contributed by atoms with E-state index in [1.807, 2.05) is 15.5 Å². The van der Waals surface area contributed by atoms with Crippen LogP contribution in [0.25, 0.3) is 22.1 Å². The Labute approximate surface area is 165 Å². The average Bonchev–Trinajstić information content (AvgIpc) is 3.35. The van der Waals surface area contributed by atoms with Crippen molar-refractivity contribution in [2.24, 2.45) is 0 Å². The van der Waals surface area contributed by atoms with E-state index in [2.05, 4.69) is 15.0 Å². The molecular formula is C19H24F3N5O2. The van der Waals surface area contributed by atoms with Crippen molar-refractivity contribution >= 4 is 22.1 Å². The number of H-pyrrole nitrogens is 1. The van der Waals surface area contributed by atoms with E-state index in [1.165, 1.54) is 0 Å². The molecule has 1 fully saturated rings. The van der Waals surface area contributed by atoms with Crippen LogP contribution in [0, 0.1) is 0 Å². The molecule has 3 atom stereocenters. The van der Waals surface area contributed by atoms with Crippen molar-refractivity contribution in [2.75, 3.05) is 19.7 Å². The molecule has 4 heterocycles. The molecule has 3 N–H and O–H groups in total. The normalized spacial score (nSPS) is 22.1. The molecule has 0 aromatic carbocycles. The van der Waals surface area contributed by atoms with Gasteiger partial charge in [0.1, 0.15) is 23.1 Å². The van der Waals surface area contributed by atoms with Gasteiger partial charge in [-0.05, 0) is 32.4 Å². The molecule has 0 aliphatic carbocycles. The highest BCUT2D eigenvalue weighted by Gasteiger charge is 2.36. The molecule has 3 aromatic rings. The quantitative estimate of drug-likeness (QED) is 0.580. The van der Waals surface area contributed by atoms with E-state index in [9.17, 15) is 23.4 Å². The Bertz CT molecular complexity index is 997. The maximum absolute atomic E-state index is 12.5. The lowest BCUT2D eigenvalue weighted by Gasteiger charge is -2.22. The van der Waals surface area contributed by atoms with Crippen molar-refractivity contribution < 1.29 is 23.4 Å². The van der Waals surface area contributed by atoms with E-state index < -0.39 is 18.7 Å². The SMILES string of the molecule is C[C@@H](O)c1nc2cnc3[nH]ccc3c2n1[C@H]1C[C@H](CO)N(CCCC(F)(F)F)C1. The number of nitrogens with one attached hydrogen (secondary N) is 1. The van der Waals surface area contributed by atoms with E-state index in [-0.39, 0.29) is 31.7 Å². The van der Waals surface area contributed by atoms with Gasteiger partial charge in [-0.25, -0.2) is 9.97 Å². The fraction of sp³-hybridized carbons (Fsp3) is 0.579. The second kappa shape index (κ2) is 7.58. The lowest BCUT2D eigenvalue weighted by molar-refractivity contribution is -0.136. The molecule has 1 saturated heterocycles. The summed E-state index contributed by atoms with van der Waals surface area (Å²) in [7, 11) is 0. The van der Waals surface area contributed by atoms with Gasteiger partial charge in [-0.1, -0.05) is 0 Å². The van der Waals surface area contributed by atoms with Crippen LogP contribution < -0.4 is 0 Å². The fourth-order valence-corrected chi connectivity index (χ4v) is 4.37. The second-order valence-electron chi connectivity index (χ2n) is 7.69. The number of halogens is 3. The lowest BCUT2D eigenvalue weighted by Crippen LogP contribution is -2.33. The second-order valence-corrected chi connectivity index (χ2v) is 7.69. The number of fused-ring (bicyclic) bond motifs is 3. The Kier molecular flexibility index (Phi) is 5.26. The van der Waals surface area contributed by atoms with Crippen molar-refractivity contribution in [3.05, 3.63) is 24.3 Å². The highest BCUT2D eigenvalue weighted by atomic mass is 19.4. The summed E-state index contributed by atoms with van der Waals surface area (Å²) in [5.41, 5.74) is 2.20. The predicted molar refractivity (Wildman–Crippen MR) is 101 cm³/mol. The van der Waals surface area contributed by atoms with E-state index >= 15 is 0 Å². The molecule has 7 nitrogen and oxygen atoms in total. The summed E-state index contributed by atoms with van der Waals surface area (Å²) in [6.07, 6.45) is -1.84. The minimum Gasteiger partial charge on any atom is -0.395 e. The number of hydrogen-bond acceptors (Lipinski definition) is 5. The Balaban J connectivity index is 1.68. The van der Waals surface area contributed by atoms with Gasteiger partial charge < -0.3 is 19.8 Å². The van der Waals surface area contributed by atoms with E-state index in [0.29, 0.717) is 30.0 Å². The molecule has 1 aliphatic heterocycles. The Morgan fingerprint density at radius 1 is 1.38 bits per heavy atom. The molecule has 29 heavy (non-hydrogen) atoms. The largest absolute Gasteiger partial charge is 0.395 e.